The number of benzene rings is 2. The summed E-state index contributed by atoms with van der Waals surface area (Å²) in [5, 5.41) is 3.94. The van der Waals surface area contributed by atoms with Gasteiger partial charge in [-0.25, -0.2) is 4.98 Å². The molecule has 0 saturated heterocycles. The Kier molecular flexibility index (Phi) is 5.84. The molecule has 0 aliphatic rings. The maximum atomic E-state index is 12.3. The fourth-order valence-corrected chi connectivity index (χ4v) is 2.94. The first-order valence-corrected chi connectivity index (χ1v) is 9.09. The molecule has 0 aliphatic carbocycles. The number of rotatable bonds is 5. The summed E-state index contributed by atoms with van der Waals surface area (Å²) in [7, 11) is 1.60. The molecule has 1 heterocycles. The predicted molar refractivity (Wildman–Crippen MR) is 113 cm³/mol. The number of anilines is 1. The fourth-order valence-electron chi connectivity index (χ4n) is 2.94. The summed E-state index contributed by atoms with van der Waals surface area (Å²) in [5.74, 6) is -0.489. The number of pyridine rings is 1. The van der Waals surface area contributed by atoms with Gasteiger partial charge in [0, 0.05) is 24.2 Å². The Labute approximate surface area is 164 Å². The largest absolute Gasteiger partial charge is 0.333 e. The monoisotopic (exact) mass is 373 g/mol. The molecule has 1 N–H and O–H groups in total. The van der Waals surface area contributed by atoms with Crippen LogP contribution in [0.25, 0.3) is 17.0 Å². The zero-order valence-corrected chi connectivity index (χ0v) is 16.3. The van der Waals surface area contributed by atoms with Crippen LogP contribution in [0.5, 0.6) is 0 Å². The molecule has 5 nitrogen and oxygen atoms in total. The Bertz CT molecular complexity index is 1040. The molecule has 0 saturated carbocycles. The minimum absolute atomic E-state index is 0.0257. The quantitative estimate of drug-likeness (QED) is 0.689. The van der Waals surface area contributed by atoms with E-state index in [1.54, 1.807) is 13.1 Å². The van der Waals surface area contributed by atoms with Crippen LogP contribution in [0, 0.1) is 13.8 Å². The molecule has 2 amide bonds. The molecule has 0 spiro atoms. The number of carbonyl (C=O) groups is 2. The number of nitrogens with one attached hydrogen (secondary N) is 1. The Balaban J connectivity index is 1.61. The highest BCUT2D eigenvalue weighted by Gasteiger charge is 2.12. The topological polar surface area (TPSA) is 62.3 Å². The Morgan fingerprint density at radius 3 is 2.46 bits per heavy atom. The van der Waals surface area contributed by atoms with Crippen molar-refractivity contribution in [1.29, 1.82) is 0 Å². The van der Waals surface area contributed by atoms with Crippen LogP contribution >= 0.6 is 0 Å². The van der Waals surface area contributed by atoms with E-state index in [1.165, 1.54) is 11.0 Å². The van der Waals surface area contributed by atoms with Crippen molar-refractivity contribution in [3.05, 3.63) is 77.5 Å². The van der Waals surface area contributed by atoms with Crippen LogP contribution in [0.1, 0.15) is 16.8 Å². The minimum atomic E-state index is -0.258. The standard InChI is InChI=1S/C23H23N3O2/c1-16-7-6-8-17(2)23(16)25-21(27)15-26(3)22(28)14-13-19-12-11-18-9-4-5-10-20(18)24-19/h4-14H,15H2,1-3H3,(H,25,27)/b14-13+. The third-order valence-corrected chi connectivity index (χ3v) is 4.52. The summed E-state index contributed by atoms with van der Waals surface area (Å²) in [4.78, 5) is 30.5. The maximum Gasteiger partial charge on any atom is 0.246 e. The molecule has 0 bridgehead atoms. The van der Waals surface area contributed by atoms with Gasteiger partial charge < -0.3 is 10.2 Å². The fraction of sp³-hybridized carbons (Fsp3) is 0.174. The molecule has 3 rings (SSSR count). The van der Waals surface area contributed by atoms with Crippen molar-refractivity contribution in [2.75, 3.05) is 18.9 Å². The van der Waals surface area contributed by atoms with E-state index in [-0.39, 0.29) is 18.4 Å². The normalized spacial score (nSPS) is 11.0. The molecule has 3 aromatic rings. The van der Waals surface area contributed by atoms with Crippen molar-refractivity contribution in [2.24, 2.45) is 0 Å². The zero-order valence-electron chi connectivity index (χ0n) is 16.3. The van der Waals surface area contributed by atoms with Gasteiger partial charge in [-0.15, -0.1) is 0 Å². The van der Waals surface area contributed by atoms with Crippen LogP contribution in [0.4, 0.5) is 5.69 Å². The number of amides is 2. The highest BCUT2D eigenvalue weighted by Crippen LogP contribution is 2.19. The van der Waals surface area contributed by atoms with Crippen LogP contribution in [0.2, 0.25) is 0 Å². The SMILES string of the molecule is Cc1cccc(C)c1NC(=O)CN(C)C(=O)/C=C/c1ccc2ccccc2n1. The van der Waals surface area contributed by atoms with Crippen LogP contribution in [0.15, 0.2) is 60.7 Å². The highest BCUT2D eigenvalue weighted by atomic mass is 16.2. The van der Waals surface area contributed by atoms with E-state index in [0.29, 0.717) is 5.69 Å². The summed E-state index contributed by atoms with van der Waals surface area (Å²) in [5.41, 5.74) is 4.34. The van der Waals surface area contributed by atoms with E-state index >= 15 is 0 Å². The third kappa shape index (κ3) is 4.62. The summed E-state index contributed by atoms with van der Waals surface area (Å²) >= 11 is 0. The molecule has 0 aliphatic heterocycles. The minimum Gasteiger partial charge on any atom is -0.333 e. The molecular formula is C23H23N3O2. The van der Waals surface area contributed by atoms with Gasteiger partial charge in [-0.3, -0.25) is 9.59 Å². The van der Waals surface area contributed by atoms with Gasteiger partial charge in [0.1, 0.15) is 0 Å². The van der Waals surface area contributed by atoms with E-state index in [2.05, 4.69) is 10.3 Å². The van der Waals surface area contributed by atoms with Gasteiger partial charge in [0.25, 0.3) is 0 Å². The van der Waals surface area contributed by atoms with Gasteiger partial charge in [0.05, 0.1) is 17.8 Å². The van der Waals surface area contributed by atoms with E-state index in [1.807, 2.05) is 68.4 Å². The smallest absolute Gasteiger partial charge is 0.246 e. The predicted octanol–water partition coefficient (Wildman–Crippen LogP) is 3.96. The molecule has 1 aromatic heterocycles. The number of carbonyl (C=O) groups excluding carboxylic acids is 2. The van der Waals surface area contributed by atoms with E-state index in [9.17, 15) is 9.59 Å². The van der Waals surface area contributed by atoms with Crippen LogP contribution in [-0.2, 0) is 9.59 Å². The number of nitrogens with zero attached hydrogens (tertiary/aromatic N) is 2. The average molecular weight is 373 g/mol. The van der Waals surface area contributed by atoms with Gasteiger partial charge in [-0.05, 0) is 43.2 Å². The Hall–Kier alpha value is -3.47. The van der Waals surface area contributed by atoms with Crippen molar-refractivity contribution >= 4 is 34.5 Å². The molecular weight excluding hydrogens is 350 g/mol. The lowest BCUT2D eigenvalue weighted by Crippen LogP contribution is -2.34. The van der Waals surface area contributed by atoms with Gasteiger partial charge in [0.15, 0.2) is 0 Å². The van der Waals surface area contributed by atoms with Crippen molar-refractivity contribution in [1.82, 2.24) is 9.88 Å². The molecule has 28 heavy (non-hydrogen) atoms. The van der Waals surface area contributed by atoms with Crippen molar-refractivity contribution in [3.8, 4) is 0 Å². The van der Waals surface area contributed by atoms with Crippen molar-refractivity contribution in [2.45, 2.75) is 13.8 Å². The van der Waals surface area contributed by atoms with Crippen LogP contribution in [-0.4, -0.2) is 35.3 Å². The number of likely N-dealkylation sites (N-methyl/N-ethyl adjacent to an activating group) is 1. The molecule has 0 unspecified atom stereocenters. The summed E-state index contributed by atoms with van der Waals surface area (Å²) in [6.45, 7) is 3.86. The Morgan fingerprint density at radius 1 is 1.00 bits per heavy atom. The lowest BCUT2D eigenvalue weighted by molar-refractivity contribution is -0.129. The zero-order chi connectivity index (χ0) is 20.1. The number of aryl methyl sites for hydroxylation is 2. The number of fused-ring (bicyclic) bond motifs is 1. The number of para-hydroxylation sites is 2. The maximum absolute atomic E-state index is 12.3. The number of hydrogen-bond acceptors (Lipinski definition) is 3. The van der Waals surface area contributed by atoms with Crippen molar-refractivity contribution in [3.63, 3.8) is 0 Å². The second kappa shape index (κ2) is 8.48. The first-order valence-electron chi connectivity index (χ1n) is 9.09. The van der Waals surface area contributed by atoms with Gasteiger partial charge in [-0.1, -0.05) is 42.5 Å². The van der Waals surface area contributed by atoms with Crippen molar-refractivity contribution < 1.29 is 9.59 Å². The first kappa shape index (κ1) is 19.3. The third-order valence-electron chi connectivity index (χ3n) is 4.52. The average Bonchev–Trinajstić information content (AvgIpc) is 2.68. The van der Waals surface area contributed by atoms with E-state index in [0.717, 1.165) is 27.7 Å². The number of hydrogen-bond donors (Lipinski definition) is 1. The van der Waals surface area contributed by atoms with Gasteiger partial charge in [-0.2, -0.15) is 0 Å². The molecule has 2 aromatic carbocycles. The van der Waals surface area contributed by atoms with Crippen LogP contribution < -0.4 is 5.32 Å². The van der Waals surface area contributed by atoms with Gasteiger partial charge in [0.2, 0.25) is 11.8 Å². The molecule has 5 heteroatoms. The summed E-state index contributed by atoms with van der Waals surface area (Å²) < 4.78 is 0. The van der Waals surface area contributed by atoms with Crippen LogP contribution in [0.3, 0.4) is 0 Å². The molecule has 142 valence electrons. The molecule has 0 radical (unpaired) electrons. The van der Waals surface area contributed by atoms with E-state index in [4.69, 9.17) is 0 Å². The summed E-state index contributed by atoms with van der Waals surface area (Å²) in [6.07, 6.45) is 3.10. The first-order chi connectivity index (χ1) is 13.4. The van der Waals surface area contributed by atoms with Gasteiger partial charge >= 0.3 is 0 Å². The lowest BCUT2D eigenvalue weighted by atomic mass is 10.1. The molecule has 0 fully saturated rings. The number of aromatic nitrogens is 1. The van der Waals surface area contributed by atoms with E-state index < -0.39 is 0 Å². The lowest BCUT2D eigenvalue weighted by Gasteiger charge is -2.16. The molecule has 0 atom stereocenters. The Morgan fingerprint density at radius 2 is 1.71 bits per heavy atom. The second-order valence-corrected chi connectivity index (χ2v) is 6.77. The summed E-state index contributed by atoms with van der Waals surface area (Å²) in [6, 6.07) is 17.5. The highest BCUT2D eigenvalue weighted by molar-refractivity contribution is 5.98. The second-order valence-electron chi connectivity index (χ2n) is 6.77.